The van der Waals surface area contributed by atoms with E-state index in [0.717, 1.165) is 5.56 Å². The van der Waals surface area contributed by atoms with Crippen LogP contribution in [0.25, 0.3) is 0 Å². The van der Waals surface area contributed by atoms with Crippen molar-refractivity contribution in [2.45, 2.75) is 87.2 Å². The summed E-state index contributed by atoms with van der Waals surface area (Å²) in [7, 11) is 0. The summed E-state index contributed by atoms with van der Waals surface area (Å²) in [4.78, 5) is 23.4. The summed E-state index contributed by atoms with van der Waals surface area (Å²) in [6.45, 7) is -0.774. The van der Waals surface area contributed by atoms with Crippen molar-refractivity contribution in [3.63, 3.8) is 0 Å². The molecule has 3 saturated heterocycles. The van der Waals surface area contributed by atoms with Gasteiger partial charge in [-0.3, -0.25) is 14.9 Å². The highest BCUT2D eigenvalue weighted by atomic mass is 35.5. The van der Waals surface area contributed by atoms with Crippen molar-refractivity contribution in [1.82, 2.24) is 0 Å². The molecule has 4 N–H and O–H groups in total. The average molecular weight is 732 g/mol. The van der Waals surface area contributed by atoms with Crippen LogP contribution >= 0.6 is 11.6 Å². The number of aliphatic hydroxyl groups is 4. The van der Waals surface area contributed by atoms with Crippen LogP contribution in [0.4, 0.5) is 5.69 Å². The van der Waals surface area contributed by atoms with Crippen LogP contribution in [0.1, 0.15) is 29.4 Å². The van der Waals surface area contributed by atoms with Crippen LogP contribution in [-0.4, -0.2) is 106 Å². The zero-order valence-corrected chi connectivity index (χ0v) is 27.8. The van der Waals surface area contributed by atoms with Crippen molar-refractivity contribution >= 4 is 23.3 Å². The SMILES string of the molecule is O=C(CCc1ccccc1)OC[C@H]1O[C@@H](OCc2ccc(Cl)c([N+](=O)[O-])c2)[C@H](O)[C@@H](O)[C@@H]1O[C@H]1O[C@@H]2COC(c3ccccc3)O[C@H]2[C@H](O)[C@H]1O. The maximum atomic E-state index is 12.7. The number of nitro groups is 1. The minimum Gasteiger partial charge on any atom is -0.463 e. The van der Waals surface area contributed by atoms with Crippen molar-refractivity contribution in [2.75, 3.05) is 13.2 Å². The molecule has 3 aromatic rings. The number of benzene rings is 3. The number of aryl methyl sites for hydroxylation is 1. The van der Waals surface area contributed by atoms with Gasteiger partial charge < -0.3 is 53.6 Å². The number of carbonyl (C=O) groups excluding carboxylic acids is 1. The quantitative estimate of drug-likeness (QED) is 0.120. The largest absolute Gasteiger partial charge is 0.463 e. The van der Waals surface area contributed by atoms with Crippen LogP contribution in [0.5, 0.6) is 0 Å². The topological polar surface area (TPSA) is 206 Å². The molecule has 1 unspecified atom stereocenters. The van der Waals surface area contributed by atoms with Gasteiger partial charge in [0, 0.05) is 18.1 Å². The summed E-state index contributed by atoms with van der Waals surface area (Å²) in [6.07, 6.45) is -14.7. The lowest BCUT2D eigenvalue weighted by atomic mass is 9.96. The van der Waals surface area contributed by atoms with Gasteiger partial charge in [0.25, 0.3) is 5.69 Å². The molecule has 51 heavy (non-hydrogen) atoms. The van der Waals surface area contributed by atoms with E-state index in [4.69, 9.17) is 44.8 Å². The van der Waals surface area contributed by atoms with Crippen molar-refractivity contribution in [1.29, 1.82) is 0 Å². The predicted octanol–water partition coefficient (Wildman–Crippen LogP) is 2.33. The summed E-state index contributed by atoms with van der Waals surface area (Å²) in [5.74, 6) is -0.579. The van der Waals surface area contributed by atoms with Crippen LogP contribution in [0.3, 0.4) is 0 Å². The van der Waals surface area contributed by atoms with Gasteiger partial charge in [0.05, 0.1) is 18.1 Å². The Morgan fingerprint density at radius 2 is 1.57 bits per heavy atom. The molecule has 3 aliphatic heterocycles. The van der Waals surface area contributed by atoms with Gasteiger partial charge in [-0.2, -0.15) is 0 Å². The minimum atomic E-state index is -1.75. The number of esters is 1. The summed E-state index contributed by atoms with van der Waals surface area (Å²) < 4.78 is 40.8. The molecule has 6 rings (SSSR count). The fourth-order valence-electron chi connectivity index (χ4n) is 6.07. The molecular weight excluding hydrogens is 694 g/mol. The molecule has 15 nitrogen and oxygen atoms in total. The van der Waals surface area contributed by atoms with E-state index in [1.807, 2.05) is 48.5 Å². The maximum absolute atomic E-state index is 12.7. The second-order valence-corrected chi connectivity index (χ2v) is 12.8. The first-order valence-corrected chi connectivity index (χ1v) is 16.7. The lowest BCUT2D eigenvalue weighted by Gasteiger charge is -2.48. The smallest absolute Gasteiger partial charge is 0.306 e. The zero-order valence-electron chi connectivity index (χ0n) is 27.1. The predicted molar refractivity (Wildman–Crippen MR) is 175 cm³/mol. The standard InChI is InChI=1S/C35H38ClNO14/c36-22-13-11-20(15-23(22)37(43)44)16-46-34-29(41)27(39)32(24(48-34)17-45-26(38)14-12-19-7-3-1-4-8-19)51-35-30(42)28(40)31-25(49-35)18-47-33(50-31)21-9-5-2-6-10-21/h1-11,13,15,24-25,27-35,39-42H,12,14,16-18H2/t24-,25-,27-,28-,29-,30-,31-,32-,33?,34-,35-/m1/s1. The molecule has 3 aliphatic rings. The molecule has 16 heteroatoms. The Bertz CT molecular complexity index is 1620. The number of nitrogens with zero attached hydrogens (tertiary/aromatic N) is 1. The van der Waals surface area contributed by atoms with Crippen LogP contribution in [0, 0.1) is 10.1 Å². The van der Waals surface area contributed by atoms with E-state index in [2.05, 4.69) is 0 Å². The molecular formula is C35H38ClNO14. The third-order valence-corrected chi connectivity index (χ3v) is 9.15. The highest BCUT2D eigenvalue weighted by Crippen LogP contribution is 2.36. The van der Waals surface area contributed by atoms with Crippen LogP contribution in [0.15, 0.2) is 78.9 Å². The van der Waals surface area contributed by atoms with E-state index in [0.29, 0.717) is 17.5 Å². The van der Waals surface area contributed by atoms with E-state index in [1.165, 1.54) is 18.2 Å². The molecule has 0 bridgehead atoms. The van der Waals surface area contributed by atoms with E-state index in [1.54, 1.807) is 12.1 Å². The van der Waals surface area contributed by atoms with Gasteiger partial charge in [-0.05, 0) is 23.6 Å². The van der Waals surface area contributed by atoms with Crippen molar-refractivity contribution < 1.29 is 63.3 Å². The Balaban J connectivity index is 1.14. The lowest BCUT2D eigenvalue weighted by Crippen LogP contribution is -2.66. The van der Waals surface area contributed by atoms with E-state index in [-0.39, 0.29) is 30.3 Å². The Labute approximate surface area is 297 Å². The molecule has 0 amide bonds. The first-order chi connectivity index (χ1) is 24.6. The maximum Gasteiger partial charge on any atom is 0.306 e. The second-order valence-electron chi connectivity index (χ2n) is 12.3. The molecule has 0 aliphatic carbocycles. The Morgan fingerprint density at radius 3 is 2.29 bits per heavy atom. The van der Waals surface area contributed by atoms with E-state index in [9.17, 15) is 35.3 Å². The lowest BCUT2D eigenvalue weighted by molar-refractivity contribution is -0.386. The zero-order chi connectivity index (χ0) is 36.1. The van der Waals surface area contributed by atoms with Gasteiger partial charge in [-0.15, -0.1) is 0 Å². The van der Waals surface area contributed by atoms with Crippen molar-refractivity contribution in [2.24, 2.45) is 0 Å². The number of aliphatic hydroxyl groups excluding tert-OH is 4. The summed E-state index contributed by atoms with van der Waals surface area (Å²) in [5.41, 5.74) is 1.61. The molecule has 3 heterocycles. The van der Waals surface area contributed by atoms with E-state index < -0.39 is 85.2 Å². The van der Waals surface area contributed by atoms with Gasteiger partial charge >= 0.3 is 5.97 Å². The number of hydrogen-bond donors (Lipinski definition) is 4. The van der Waals surface area contributed by atoms with Crippen LogP contribution in [-0.2, 0) is 51.0 Å². The second kappa shape index (κ2) is 16.8. The van der Waals surface area contributed by atoms with Gasteiger partial charge in [-0.25, -0.2) is 0 Å². The summed E-state index contributed by atoms with van der Waals surface area (Å²) >= 11 is 5.91. The van der Waals surface area contributed by atoms with Gasteiger partial charge in [0.1, 0.15) is 60.5 Å². The normalized spacial score (nSPS) is 32.1. The monoisotopic (exact) mass is 731 g/mol. The summed E-state index contributed by atoms with van der Waals surface area (Å²) in [6, 6.07) is 22.4. The molecule has 0 saturated carbocycles. The molecule has 0 aromatic heterocycles. The molecule has 274 valence electrons. The number of hydrogen-bond acceptors (Lipinski definition) is 14. The first kappa shape index (κ1) is 37.2. The third-order valence-electron chi connectivity index (χ3n) is 8.83. The number of ether oxygens (including phenoxy) is 7. The Morgan fingerprint density at radius 1 is 0.863 bits per heavy atom. The minimum absolute atomic E-state index is 0.0263. The molecule has 3 fully saturated rings. The highest BCUT2D eigenvalue weighted by Gasteiger charge is 2.53. The Kier molecular flexibility index (Phi) is 12.3. The number of carbonyl (C=O) groups is 1. The van der Waals surface area contributed by atoms with Crippen LogP contribution < -0.4 is 0 Å². The third kappa shape index (κ3) is 8.90. The number of nitro benzene ring substituents is 1. The first-order valence-electron chi connectivity index (χ1n) is 16.3. The van der Waals surface area contributed by atoms with Crippen LogP contribution in [0.2, 0.25) is 5.02 Å². The average Bonchev–Trinajstić information content (AvgIpc) is 3.14. The number of rotatable bonds is 12. The van der Waals surface area contributed by atoms with Gasteiger partial charge in [0.2, 0.25) is 0 Å². The Hall–Kier alpha value is -3.58. The molecule has 3 aromatic carbocycles. The fourth-order valence-corrected chi connectivity index (χ4v) is 6.26. The van der Waals surface area contributed by atoms with Gasteiger partial charge in [-0.1, -0.05) is 78.3 Å². The van der Waals surface area contributed by atoms with Crippen molar-refractivity contribution in [3.05, 3.63) is 111 Å². The summed E-state index contributed by atoms with van der Waals surface area (Å²) in [5, 5.41) is 55.7. The number of fused-ring (bicyclic) bond motifs is 1. The number of halogens is 1. The van der Waals surface area contributed by atoms with Crippen molar-refractivity contribution in [3.8, 4) is 0 Å². The molecule has 0 spiro atoms. The fraction of sp³-hybridized carbons (Fsp3) is 0.457. The highest BCUT2D eigenvalue weighted by molar-refractivity contribution is 6.32. The molecule has 11 atom stereocenters. The van der Waals surface area contributed by atoms with E-state index >= 15 is 0 Å². The van der Waals surface area contributed by atoms with Gasteiger partial charge in [0.15, 0.2) is 18.9 Å². The molecule has 0 radical (unpaired) electrons.